The van der Waals surface area contributed by atoms with Gasteiger partial charge in [-0.15, -0.1) is 0 Å². The molecule has 3 nitrogen and oxygen atoms in total. The molecule has 3 aliphatic rings. The minimum Gasteiger partial charge on any atom is -0.393 e. The Balaban J connectivity index is 1.60. The van der Waals surface area contributed by atoms with Crippen molar-refractivity contribution in [3.05, 3.63) is 35.5 Å². The molecule has 0 aliphatic heterocycles. The molecule has 5 atom stereocenters. The summed E-state index contributed by atoms with van der Waals surface area (Å²) in [5, 5.41) is 20.6. The second-order valence-electron chi connectivity index (χ2n) is 11.1. The first-order chi connectivity index (χ1) is 15.2. The van der Waals surface area contributed by atoms with E-state index in [-0.39, 0.29) is 12.2 Å². The molecule has 3 rings (SSSR count). The van der Waals surface area contributed by atoms with E-state index in [9.17, 15) is 10.2 Å². The number of hydrogen-bond donors (Lipinski definition) is 2. The van der Waals surface area contributed by atoms with Crippen LogP contribution in [-0.2, 0) is 4.74 Å². The van der Waals surface area contributed by atoms with Gasteiger partial charge in [0, 0.05) is 6.61 Å². The van der Waals surface area contributed by atoms with Gasteiger partial charge >= 0.3 is 0 Å². The van der Waals surface area contributed by atoms with E-state index in [4.69, 9.17) is 4.74 Å². The van der Waals surface area contributed by atoms with Crippen LogP contribution in [0.2, 0.25) is 0 Å². The van der Waals surface area contributed by atoms with Crippen LogP contribution in [0.4, 0.5) is 0 Å². The van der Waals surface area contributed by atoms with Gasteiger partial charge in [0.25, 0.3) is 0 Å². The highest BCUT2D eigenvalue weighted by Gasteiger charge is 2.51. The topological polar surface area (TPSA) is 49.7 Å². The number of allylic oxidation sites excluding steroid dienone is 4. The second kappa shape index (κ2) is 11.0. The Bertz CT molecular complexity index is 701. The maximum absolute atomic E-state index is 10.5. The highest BCUT2D eigenvalue weighted by atomic mass is 16.5. The molecule has 3 saturated carbocycles. The van der Waals surface area contributed by atoms with Crippen LogP contribution in [-0.4, -0.2) is 34.6 Å². The molecule has 0 spiro atoms. The Hall–Kier alpha value is -0.900. The zero-order valence-electron chi connectivity index (χ0n) is 21.2. The van der Waals surface area contributed by atoms with Crippen molar-refractivity contribution in [1.82, 2.24) is 0 Å². The van der Waals surface area contributed by atoms with Gasteiger partial charge in [0.2, 0.25) is 0 Å². The summed E-state index contributed by atoms with van der Waals surface area (Å²) in [4.78, 5) is 0. The lowest BCUT2D eigenvalue weighted by Crippen LogP contribution is -2.39. The molecule has 0 heterocycles. The van der Waals surface area contributed by atoms with Gasteiger partial charge in [0.15, 0.2) is 0 Å². The van der Waals surface area contributed by atoms with Crippen molar-refractivity contribution in [1.29, 1.82) is 0 Å². The van der Waals surface area contributed by atoms with Gasteiger partial charge in [-0.3, -0.25) is 0 Å². The average molecular weight is 445 g/mol. The summed E-state index contributed by atoms with van der Waals surface area (Å²) in [6.07, 6.45) is 16.9. The minimum atomic E-state index is -0.520. The molecule has 0 aromatic heterocycles. The van der Waals surface area contributed by atoms with Crippen molar-refractivity contribution in [3.8, 4) is 0 Å². The summed E-state index contributed by atoms with van der Waals surface area (Å²) in [5.41, 5.74) is 3.85. The minimum absolute atomic E-state index is 0.207. The number of rotatable bonds is 9. The van der Waals surface area contributed by atoms with Crippen molar-refractivity contribution >= 4 is 0 Å². The van der Waals surface area contributed by atoms with E-state index in [1.807, 2.05) is 0 Å². The van der Waals surface area contributed by atoms with Gasteiger partial charge in [-0.2, -0.15) is 0 Å². The van der Waals surface area contributed by atoms with Crippen LogP contribution in [0.15, 0.2) is 35.5 Å². The van der Waals surface area contributed by atoms with E-state index in [0.29, 0.717) is 17.3 Å². The SMILES string of the molecule is C=C1CCC(O)CC1=CC=C1CCCC2(C)C1CCC2C(C)OCCCC(O)(CC)CC. The fourth-order valence-electron chi connectivity index (χ4n) is 6.84. The van der Waals surface area contributed by atoms with Crippen LogP contribution < -0.4 is 0 Å². The molecule has 3 fully saturated rings. The van der Waals surface area contributed by atoms with E-state index in [0.717, 1.165) is 51.6 Å². The lowest BCUT2D eigenvalue weighted by molar-refractivity contribution is -0.0365. The molecule has 5 unspecified atom stereocenters. The first-order valence-corrected chi connectivity index (χ1v) is 13.3. The fourth-order valence-corrected chi connectivity index (χ4v) is 6.84. The lowest BCUT2D eigenvalue weighted by atomic mass is 9.62. The summed E-state index contributed by atoms with van der Waals surface area (Å²) in [7, 11) is 0. The number of aliphatic hydroxyl groups excluding tert-OH is 1. The third-order valence-electron chi connectivity index (χ3n) is 9.28. The molecule has 0 saturated heterocycles. The molecular weight excluding hydrogens is 396 g/mol. The van der Waals surface area contributed by atoms with E-state index in [1.54, 1.807) is 5.57 Å². The van der Waals surface area contributed by atoms with Crippen LogP contribution in [0.5, 0.6) is 0 Å². The monoisotopic (exact) mass is 444 g/mol. The Morgan fingerprint density at radius 2 is 1.94 bits per heavy atom. The zero-order chi connectivity index (χ0) is 23.4. The summed E-state index contributed by atoms with van der Waals surface area (Å²) in [5.74, 6) is 1.25. The summed E-state index contributed by atoms with van der Waals surface area (Å²) in [6, 6.07) is 0. The molecular formula is C29H48O3. The molecule has 3 aliphatic carbocycles. The van der Waals surface area contributed by atoms with E-state index in [2.05, 4.69) is 46.4 Å². The third kappa shape index (κ3) is 5.77. The van der Waals surface area contributed by atoms with Crippen LogP contribution in [0.1, 0.15) is 105 Å². The van der Waals surface area contributed by atoms with Crippen molar-refractivity contribution < 1.29 is 14.9 Å². The fraction of sp³-hybridized carbons (Fsp3) is 0.793. The van der Waals surface area contributed by atoms with Crippen LogP contribution in [0.3, 0.4) is 0 Å². The van der Waals surface area contributed by atoms with E-state index < -0.39 is 5.60 Å². The van der Waals surface area contributed by atoms with Crippen molar-refractivity contribution in [2.45, 2.75) is 123 Å². The molecule has 0 amide bonds. The third-order valence-corrected chi connectivity index (χ3v) is 9.28. The van der Waals surface area contributed by atoms with Crippen LogP contribution in [0, 0.1) is 17.3 Å². The van der Waals surface area contributed by atoms with Crippen molar-refractivity contribution in [2.75, 3.05) is 6.61 Å². The lowest BCUT2D eigenvalue weighted by Gasteiger charge is -2.44. The summed E-state index contributed by atoms with van der Waals surface area (Å²) >= 11 is 0. The molecule has 3 heteroatoms. The van der Waals surface area contributed by atoms with Gasteiger partial charge in [-0.05, 0) is 107 Å². The maximum Gasteiger partial charge on any atom is 0.0643 e. The number of aliphatic hydroxyl groups is 2. The first-order valence-electron chi connectivity index (χ1n) is 13.3. The molecule has 2 N–H and O–H groups in total. The number of hydrogen-bond acceptors (Lipinski definition) is 3. The van der Waals surface area contributed by atoms with E-state index >= 15 is 0 Å². The Morgan fingerprint density at radius 1 is 1.19 bits per heavy atom. The molecule has 0 bridgehead atoms. The highest BCUT2D eigenvalue weighted by Crippen LogP contribution is 2.58. The number of fused-ring (bicyclic) bond motifs is 1. The largest absolute Gasteiger partial charge is 0.393 e. The molecule has 0 aromatic carbocycles. The Labute approximate surface area is 197 Å². The van der Waals surface area contributed by atoms with Crippen LogP contribution >= 0.6 is 0 Å². The number of ether oxygens (including phenoxy) is 1. The average Bonchev–Trinajstić information content (AvgIpc) is 3.14. The highest BCUT2D eigenvalue weighted by molar-refractivity contribution is 5.36. The van der Waals surface area contributed by atoms with Gasteiger partial charge in [0.05, 0.1) is 17.8 Å². The molecule has 0 aromatic rings. The van der Waals surface area contributed by atoms with Gasteiger partial charge in [-0.1, -0.05) is 50.6 Å². The maximum atomic E-state index is 10.5. The summed E-state index contributed by atoms with van der Waals surface area (Å²) < 4.78 is 6.36. The Morgan fingerprint density at radius 3 is 2.66 bits per heavy atom. The molecule has 182 valence electrons. The van der Waals surface area contributed by atoms with E-state index in [1.165, 1.54) is 43.3 Å². The van der Waals surface area contributed by atoms with Gasteiger partial charge in [-0.25, -0.2) is 0 Å². The smallest absolute Gasteiger partial charge is 0.0643 e. The zero-order valence-corrected chi connectivity index (χ0v) is 21.2. The van der Waals surface area contributed by atoms with Gasteiger partial charge < -0.3 is 14.9 Å². The predicted octanol–water partition coefficient (Wildman–Crippen LogP) is 6.89. The second-order valence-corrected chi connectivity index (χ2v) is 11.1. The van der Waals surface area contributed by atoms with Crippen molar-refractivity contribution in [3.63, 3.8) is 0 Å². The first kappa shape index (κ1) is 25.7. The van der Waals surface area contributed by atoms with Crippen molar-refractivity contribution in [2.24, 2.45) is 17.3 Å². The molecule has 32 heavy (non-hydrogen) atoms. The van der Waals surface area contributed by atoms with Gasteiger partial charge in [0.1, 0.15) is 0 Å². The standard InChI is InChI=1S/C29H48O3/c1-6-29(31,7-2)18-9-19-32-22(4)26-15-16-27-23(10-8-17-28(26,27)5)12-13-24-20-25(30)14-11-21(24)3/h12-13,22,25-27,30-31H,3,6-11,14-20H2,1-2,4-5H3. The molecule has 0 radical (unpaired) electrons. The normalized spacial score (nSPS) is 34.8. The quantitative estimate of drug-likeness (QED) is 0.381. The van der Waals surface area contributed by atoms with Crippen LogP contribution in [0.25, 0.3) is 0 Å². The summed E-state index contributed by atoms with van der Waals surface area (Å²) in [6.45, 7) is 13.9. The Kier molecular flexibility index (Phi) is 8.85. The predicted molar refractivity (Wildman–Crippen MR) is 134 cm³/mol.